The second kappa shape index (κ2) is 2.86. The molecule has 0 aromatic heterocycles. The van der Waals surface area contributed by atoms with Gasteiger partial charge in [-0.2, -0.15) is 0 Å². The van der Waals surface area contributed by atoms with Crippen molar-refractivity contribution in [2.75, 3.05) is 6.61 Å². The third kappa shape index (κ3) is 1.93. The van der Waals surface area contributed by atoms with Crippen LogP contribution in [0.4, 0.5) is 0 Å². The van der Waals surface area contributed by atoms with Gasteiger partial charge in [-0.3, -0.25) is 0 Å². The molecule has 2 rings (SSSR count). The maximum Gasteiger partial charge on any atom is 0.331 e. The fourth-order valence-corrected chi connectivity index (χ4v) is 1.99. The first kappa shape index (κ1) is 8.79. The Bertz CT molecular complexity index is 263. The summed E-state index contributed by atoms with van der Waals surface area (Å²) in [6.07, 6.45) is 5.25. The molecule has 0 amide bonds. The lowest BCUT2D eigenvalue weighted by Crippen LogP contribution is -1.94. The van der Waals surface area contributed by atoms with E-state index in [0.717, 1.165) is 12.3 Å². The van der Waals surface area contributed by atoms with E-state index in [1.54, 1.807) is 6.08 Å². The highest BCUT2D eigenvalue weighted by Gasteiger charge is 2.44. The molecule has 1 heterocycles. The summed E-state index contributed by atoms with van der Waals surface area (Å²) < 4.78 is 4.84. The van der Waals surface area contributed by atoms with E-state index in [2.05, 4.69) is 13.8 Å². The van der Waals surface area contributed by atoms with Crippen LogP contribution in [-0.2, 0) is 9.53 Å². The minimum atomic E-state index is -0.162. The molecule has 0 bridgehead atoms. The zero-order valence-corrected chi connectivity index (χ0v) is 8.30. The Hall–Kier alpha value is -0.790. The average molecular weight is 180 g/mol. The number of carbonyl (C=O) groups is 1. The minimum Gasteiger partial charge on any atom is -0.458 e. The second-order valence-electron chi connectivity index (χ2n) is 4.84. The van der Waals surface area contributed by atoms with Crippen LogP contribution < -0.4 is 0 Å². The minimum absolute atomic E-state index is 0.162. The molecule has 2 nitrogen and oxygen atoms in total. The fourth-order valence-electron chi connectivity index (χ4n) is 1.99. The number of rotatable bonds is 3. The SMILES string of the molecule is CC1(C)CC1CCC1=CC(=O)OC1. The van der Waals surface area contributed by atoms with Crippen molar-refractivity contribution < 1.29 is 9.53 Å². The molecule has 0 N–H and O–H groups in total. The molecule has 0 spiro atoms. The maximum atomic E-state index is 10.7. The third-order valence-electron chi connectivity index (χ3n) is 3.25. The van der Waals surface area contributed by atoms with E-state index in [-0.39, 0.29) is 5.97 Å². The molecular weight excluding hydrogens is 164 g/mol. The predicted molar refractivity (Wildman–Crippen MR) is 50.2 cm³/mol. The van der Waals surface area contributed by atoms with Crippen LogP contribution in [-0.4, -0.2) is 12.6 Å². The van der Waals surface area contributed by atoms with Gasteiger partial charge in [-0.05, 0) is 36.2 Å². The lowest BCUT2D eigenvalue weighted by molar-refractivity contribution is -0.134. The third-order valence-corrected chi connectivity index (χ3v) is 3.25. The summed E-state index contributed by atoms with van der Waals surface area (Å²) in [7, 11) is 0. The summed E-state index contributed by atoms with van der Waals surface area (Å²) in [6.45, 7) is 5.15. The van der Waals surface area contributed by atoms with Gasteiger partial charge in [0.25, 0.3) is 0 Å². The van der Waals surface area contributed by atoms with Crippen molar-refractivity contribution in [1.82, 2.24) is 0 Å². The van der Waals surface area contributed by atoms with Gasteiger partial charge in [0.15, 0.2) is 0 Å². The van der Waals surface area contributed by atoms with Crippen LogP contribution in [0.3, 0.4) is 0 Å². The quantitative estimate of drug-likeness (QED) is 0.623. The topological polar surface area (TPSA) is 26.3 Å². The van der Waals surface area contributed by atoms with E-state index >= 15 is 0 Å². The van der Waals surface area contributed by atoms with Crippen LogP contribution in [0, 0.1) is 11.3 Å². The smallest absolute Gasteiger partial charge is 0.331 e. The Labute approximate surface area is 79.0 Å². The monoisotopic (exact) mass is 180 g/mol. The summed E-state index contributed by atoms with van der Waals surface area (Å²) >= 11 is 0. The number of carbonyl (C=O) groups excluding carboxylic acids is 1. The van der Waals surface area contributed by atoms with Crippen molar-refractivity contribution in [3.63, 3.8) is 0 Å². The molecule has 1 unspecified atom stereocenters. The van der Waals surface area contributed by atoms with E-state index in [4.69, 9.17) is 4.74 Å². The van der Waals surface area contributed by atoms with Gasteiger partial charge in [0.1, 0.15) is 6.61 Å². The molecular formula is C11H16O2. The molecule has 1 fully saturated rings. The van der Waals surface area contributed by atoms with Gasteiger partial charge >= 0.3 is 5.97 Å². The fraction of sp³-hybridized carbons (Fsp3) is 0.727. The first-order valence-electron chi connectivity index (χ1n) is 4.94. The van der Waals surface area contributed by atoms with Crippen molar-refractivity contribution in [2.24, 2.45) is 11.3 Å². The highest BCUT2D eigenvalue weighted by atomic mass is 16.5. The maximum absolute atomic E-state index is 10.7. The van der Waals surface area contributed by atoms with Crippen LogP contribution in [0.15, 0.2) is 11.6 Å². The number of hydrogen-bond donors (Lipinski definition) is 0. The average Bonchev–Trinajstić information content (AvgIpc) is 2.45. The summed E-state index contributed by atoms with van der Waals surface area (Å²) in [5, 5.41) is 0. The van der Waals surface area contributed by atoms with Gasteiger partial charge in [0, 0.05) is 6.08 Å². The van der Waals surface area contributed by atoms with Crippen molar-refractivity contribution >= 4 is 5.97 Å². The number of cyclic esters (lactones) is 1. The molecule has 2 heteroatoms. The van der Waals surface area contributed by atoms with Gasteiger partial charge < -0.3 is 4.74 Å². The van der Waals surface area contributed by atoms with E-state index in [1.807, 2.05) is 0 Å². The van der Waals surface area contributed by atoms with E-state index in [9.17, 15) is 4.79 Å². The zero-order valence-electron chi connectivity index (χ0n) is 8.30. The van der Waals surface area contributed by atoms with Crippen molar-refractivity contribution in [2.45, 2.75) is 33.1 Å². The Kier molecular flexibility index (Phi) is 1.94. The van der Waals surface area contributed by atoms with Crippen LogP contribution >= 0.6 is 0 Å². The van der Waals surface area contributed by atoms with Crippen LogP contribution in [0.2, 0.25) is 0 Å². The van der Waals surface area contributed by atoms with Gasteiger partial charge in [-0.1, -0.05) is 13.8 Å². The lowest BCUT2D eigenvalue weighted by Gasteiger charge is -2.02. The molecule has 0 radical (unpaired) electrons. The van der Waals surface area contributed by atoms with Crippen LogP contribution in [0.25, 0.3) is 0 Å². The molecule has 13 heavy (non-hydrogen) atoms. The number of hydrogen-bond acceptors (Lipinski definition) is 2. The predicted octanol–water partition coefficient (Wildman–Crippen LogP) is 2.30. The van der Waals surface area contributed by atoms with Gasteiger partial charge in [0.05, 0.1) is 0 Å². The van der Waals surface area contributed by atoms with Crippen LogP contribution in [0.5, 0.6) is 0 Å². The standard InChI is InChI=1S/C11H16O2/c1-11(2)6-9(11)4-3-8-5-10(12)13-7-8/h5,9H,3-4,6-7H2,1-2H3. The second-order valence-corrected chi connectivity index (χ2v) is 4.84. The molecule has 1 aliphatic carbocycles. The summed E-state index contributed by atoms with van der Waals surface area (Å²) in [5.41, 5.74) is 1.73. The van der Waals surface area contributed by atoms with E-state index < -0.39 is 0 Å². The van der Waals surface area contributed by atoms with Crippen LogP contribution in [0.1, 0.15) is 33.1 Å². The van der Waals surface area contributed by atoms with E-state index in [1.165, 1.54) is 18.4 Å². The highest BCUT2D eigenvalue weighted by molar-refractivity contribution is 5.85. The Balaban J connectivity index is 1.75. The Morgan fingerprint density at radius 1 is 1.62 bits per heavy atom. The van der Waals surface area contributed by atoms with Gasteiger partial charge in [0.2, 0.25) is 0 Å². The molecule has 1 saturated carbocycles. The highest BCUT2D eigenvalue weighted by Crippen LogP contribution is 2.54. The summed E-state index contributed by atoms with van der Waals surface area (Å²) in [4.78, 5) is 10.7. The summed E-state index contributed by atoms with van der Waals surface area (Å²) in [5.74, 6) is 0.703. The lowest BCUT2D eigenvalue weighted by atomic mass is 10.0. The van der Waals surface area contributed by atoms with Crippen molar-refractivity contribution in [1.29, 1.82) is 0 Å². The van der Waals surface area contributed by atoms with Gasteiger partial charge in [-0.15, -0.1) is 0 Å². The summed E-state index contributed by atoms with van der Waals surface area (Å²) in [6, 6.07) is 0. The molecule has 0 aromatic rings. The molecule has 1 aliphatic heterocycles. The molecule has 2 aliphatic rings. The van der Waals surface area contributed by atoms with Gasteiger partial charge in [-0.25, -0.2) is 4.79 Å². The van der Waals surface area contributed by atoms with Crippen molar-refractivity contribution in [3.8, 4) is 0 Å². The van der Waals surface area contributed by atoms with E-state index in [0.29, 0.717) is 12.0 Å². The number of esters is 1. The molecule has 1 atom stereocenters. The first-order chi connectivity index (χ1) is 6.08. The first-order valence-corrected chi connectivity index (χ1v) is 4.94. The molecule has 0 saturated heterocycles. The molecule has 0 aromatic carbocycles. The molecule has 72 valence electrons. The Morgan fingerprint density at radius 2 is 2.31 bits per heavy atom. The normalized spacial score (nSPS) is 29.8. The zero-order chi connectivity index (χ0) is 9.47. The Morgan fingerprint density at radius 3 is 2.77 bits per heavy atom. The number of ether oxygens (including phenoxy) is 1. The largest absolute Gasteiger partial charge is 0.458 e. The van der Waals surface area contributed by atoms with Crippen molar-refractivity contribution in [3.05, 3.63) is 11.6 Å².